The van der Waals surface area contributed by atoms with Crippen LogP contribution in [0.5, 0.6) is 0 Å². The molecule has 0 radical (unpaired) electrons. The summed E-state index contributed by atoms with van der Waals surface area (Å²) < 4.78 is 0. The van der Waals surface area contributed by atoms with Crippen molar-refractivity contribution in [3.63, 3.8) is 0 Å². The quantitative estimate of drug-likeness (QED) is 0.688. The first-order valence-corrected chi connectivity index (χ1v) is 12.2. The van der Waals surface area contributed by atoms with Gasteiger partial charge in [0, 0.05) is 26.2 Å². The number of carbonyl (C=O) groups excluding carboxylic acids is 2. The lowest BCUT2D eigenvalue weighted by molar-refractivity contribution is -0.150. The highest BCUT2D eigenvalue weighted by Gasteiger charge is 2.39. The van der Waals surface area contributed by atoms with E-state index in [-0.39, 0.29) is 23.9 Å². The first-order chi connectivity index (χ1) is 14.8. The Kier molecular flexibility index (Phi) is 8.53. The molecular weight excluding hydrogens is 386 g/mol. The highest BCUT2D eigenvalue weighted by atomic mass is 16.2. The van der Waals surface area contributed by atoms with Crippen molar-refractivity contribution in [2.45, 2.75) is 71.9 Å². The molecule has 2 saturated heterocycles. The molecule has 31 heavy (non-hydrogen) atoms. The fourth-order valence-electron chi connectivity index (χ4n) is 5.05. The Labute approximate surface area is 188 Å². The van der Waals surface area contributed by atoms with E-state index in [4.69, 9.17) is 0 Å². The molecular formula is C26H41N3O2. The zero-order chi connectivity index (χ0) is 22.4. The predicted molar refractivity (Wildman–Crippen MR) is 126 cm³/mol. The summed E-state index contributed by atoms with van der Waals surface area (Å²) in [5.74, 6) is 1.72. The Balaban J connectivity index is 1.63. The predicted octanol–water partition coefficient (Wildman–Crippen LogP) is 3.73. The fraction of sp³-hybridized carbons (Fsp3) is 0.692. The summed E-state index contributed by atoms with van der Waals surface area (Å²) in [6.45, 7) is 11.6. The summed E-state index contributed by atoms with van der Waals surface area (Å²) in [5.41, 5.74) is 1.38. The Morgan fingerprint density at radius 1 is 1.03 bits per heavy atom. The second-order valence-corrected chi connectivity index (χ2v) is 10.3. The molecule has 1 aromatic carbocycles. The lowest BCUT2D eigenvalue weighted by atomic mass is 9.89. The third kappa shape index (κ3) is 6.55. The van der Waals surface area contributed by atoms with Crippen LogP contribution in [0.4, 0.5) is 0 Å². The molecule has 5 nitrogen and oxygen atoms in total. The Morgan fingerprint density at radius 2 is 1.71 bits per heavy atom. The van der Waals surface area contributed by atoms with Gasteiger partial charge in [0.15, 0.2) is 0 Å². The number of amides is 2. The monoisotopic (exact) mass is 427 g/mol. The smallest absolute Gasteiger partial charge is 0.245 e. The second-order valence-electron chi connectivity index (χ2n) is 10.3. The van der Waals surface area contributed by atoms with Crippen LogP contribution < -0.4 is 5.32 Å². The molecule has 0 saturated carbocycles. The molecule has 2 heterocycles. The van der Waals surface area contributed by atoms with Crippen LogP contribution in [0.2, 0.25) is 0 Å². The molecule has 1 aromatic rings. The van der Waals surface area contributed by atoms with Gasteiger partial charge < -0.3 is 15.1 Å². The van der Waals surface area contributed by atoms with Crippen molar-refractivity contribution >= 4 is 11.8 Å². The van der Waals surface area contributed by atoms with E-state index in [1.54, 1.807) is 0 Å². The molecule has 0 aromatic heterocycles. The van der Waals surface area contributed by atoms with Crippen molar-refractivity contribution in [3.05, 3.63) is 35.9 Å². The van der Waals surface area contributed by atoms with Gasteiger partial charge in [-0.15, -0.1) is 0 Å². The van der Waals surface area contributed by atoms with Crippen LogP contribution >= 0.6 is 0 Å². The average molecular weight is 428 g/mol. The largest absolute Gasteiger partial charge is 0.341 e. The van der Waals surface area contributed by atoms with Crippen LogP contribution in [0.1, 0.15) is 58.9 Å². The summed E-state index contributed by atoms with van der Waals surface area (Å²) >= 11 is 0. The van der Waals surface area contributed by atoms with Crippen molar-refractivity contribution in [1.29, 1.82) is 0 Å². The standard InChI is InChI=1S/C26H41N3O2/c1-19(2)16-23-25(30)29(15-12-27-23)24(17-20(3)4)26(31)28-13-10-22(11-14-28)18-21-8-6-5-7-9-21/h5-9,19-20,22-24,27H,10-18H2,1-4H3/t23-,24-/m0/s1. The van der Waals surface area contributed by atoms with E-state index in [1.165, 1.54) is 5.56 Å². The van der Waals surface area contributed by atoms with Crippen LogP contribution in [0, 0.1) is 17.8 Å². The number of rotatable bonds is 8. The van der Waals surface area contributed by atoms with E-state index < -0.39 is 0 Å². The number of piperazine rings is 1. The molecule has 2 aliphatic rings. The molecule has 2 fully saturated rings. The molecule has 172 valence electrons. The number of carbonyl (C=O) groups is 2. The molecule has 5 heteroatoms. The van der Waals surface area contributed by atoms with Crippen molar-refractivity contribution in [3.8, 4) is 0 Å². The maximum absolute atomic E-state index is 13.6. The minimum Gasteiger partial charge on any atom is -0.341 e. The fourth-order valence-corrected chi connectivity index (χ4v) is 5.05. The molecule has 0 spiro atoms. The number of hydrogen-bond acceptors (Lipinski definition) is 3. The summed E-state index contributed by atoms with van der Waals surface area (Å²) in [7, 11) is 0. The lowest BCUT2D eigenvalue weighted by Crippen LogP contribution is -2.62. The maximum Gasteiger partial charge on any atom is 0.245 e. The van der Waals surface area contributed by atoms with E-state index in [9.17, 15) is 9.59 Å². The zero-order valence-corrected chi connectivity index (χ0v) is 19.8. The molecule has 2 amide bonds. The average Bonchev–Trinajstić information content (AvgIpc) is 2.74. The number of benzene rings is 1. The van der Waals surface area contributed by atoms with Crippen LogP contribution in [0.25, 0.3) is 0 Å². The number of nitrogens with zero attached hydrogens (tertiary/aromatic N) is 2. The summed E-state index contributed by atoms with van der Waals surface area (Å²) in [6.07, 6.45) is 4.73. The number of piperidine rings is 1. The first kappa shape index (κ1) is 23.8. The summed E-state index contributed by atoms with van der Waals surface area (Å²) in [6, 6.07) is 10.2. The molecule has 0 aliphatic carbocycles. The van der Waals surface area contributed by atoms with E-state index in [2.05, 4.69) is 63.3 Å². The zero-order valence-electron chi connectivity index (χ0n) is 19.8. The topological polar surface area (TPSA) is 52.7 Å². The van der Waals surface area contributed by atoms with Crippen LogP contribution in [0.3, 0.4) is 0 Å². The van der Waals surface area contributed by atoms with Gasteiger partial charge in [-0.3, -0.25) is 9.59 Å². The normalized spacial score (nSPS) is 21.7. The van der Waals surface area contributed by atoms with E-state index in [0.29, 0.717) is 24.3 Å². The van der Waals surface area contributed by atoms with Gasteiger partial charge in [0.05, 0.1) is 6.04 Å². The van der Waals surface area contributed by atoms with Gasteiger partial charge in [-0.2, -0.15) is 0 Å². The number of nitrogens with one attached hydrogen (secondary N) is 1. The van der Waals surface area contributed by atoms with Crippen LogP contribution in [0.15, 0.2) is 30.3 Å². The summed E-state index contributed by atoms with van der Waals surface area (Å²) in [4.78, 5) is 30.7. The lowest BCUT2D eigenvalue weighted by Gasteiger charge is -2.42. The van der Waals surface area contributed by atoms with Gasteiger partial charge in [-0.25, -0.2) is 0 Å². The third-order valence-electron chi connectivity index (χ3n) is 6.68. The maximum atomic E-state index is 13.6. The number of hydrogen-bond donors (Lipinski definition) is 1. The van der Waals surface area contributed by atoms with Crippen molar-refractivity contribution < 1.29 is 9.59 Å². The minimum atomic E-state index is -0.324. The Morgan fingerprint density at radius 3 is 2.32 bits per heavy atom. The van der Waals surface area contributed by atoms with Gasteiger partial charge in [0.2, 0.25) is 11.8 Å². The minimum absolute atomic E-state index is 0.109. The van der Waals surface area contributed by atoms with Crippen molar-refractivity contribution in [2.75, 3.05) is 26.2 Å². The van der Waals surface area contributed by atoms with Crippen molar-refractivity contribution in [2.24, 2.45) is 17.8 Å². The van der Waals surface area contributed by atoms with Gasteiger partial charge in [0.1, 0.15) is 6.04 Å². The summed E-state index contributed by atoms with van der Waals surface area (Å²) in [5, 5.41) is 3.37. The van der Waals surface area contributed by atoms with Gasteiger partial charge >= 0.3 is 0 Å². The van der Waals surface area contributed by atoms with Gasteiger partial charge in [-0.1, -0.05) is 58.0 Å². The van der Waals surface area contributed by atoms with Crippen LogP contribution in [-0.4, -0.2) is 59.9 Å². The number of likely N-dealkylation sites (tertiary alicyclic amines) is 1. The second kappa shape index (κ2) is 11.1. The molecule has 0 bridgehead atoms. The molecule has 0 unspecified atom stereocenters. The molecule has 1 N–H and O–H groups in total. The Bertz CT molecular complexity index is 711. The molecule has 3 rings (SSSR count). The Hall–Kier alpha value is -1.88. The van der Waals surface area contributed by atoms with Crippen LogP contribution in [-0.2, 0) is 16.0 Å². The molecule has 2 atom stereocenters. The SMILES string of the molecule is CC(C)C[C@@H]1NCCN([C@@H](CC(C)C)C(=O)N2CCC(Cc3ccccc3)CC2)C1=O. The first-order valence-electron chi connectivity index (χ1n) is 12.2. The van der Waals surface area contributed by atoms with Gasteiger partial charge in [0.25, 0.3) is 0 Å². The van der Waals surface area contributed by atoms with Gasteiger partial charge in [-0.05, 0) is 55.4 Å². The van der Waals surface area contributed by atoms with E-state index in [1.807, 2.05) is 9.80 Å². The van der Waals surface area contributed by atoms with E-state index in [0.717, 1.165) is 51.7 Å². The van der Waals surface area contributed by atoms with Crippen molar-refractivity contribution in [1.82, 2.24) is 15.1 Å². The van der Waals surface area contributed by atoms with E-state index >= 15 is 0 Å². The third-order valence-corrected chi connectivity index (χ3v) is 6.68. The highest BCUT2D eigenvalue weighted by molar-refractivity contribution is 5.90. The highest BCUT2D eigenvalue weighted by Crippen LogP contribution is 2.25. The molecule has 2 aliphatic heterocycles.